The highest BCUT2D eigenvalue weighted by Gasteiger charge is 2.42. The van der Waals surface area contributed by atoms with Gasteiger partial charge < -0.3 is 15.2 Å². The highest BCUT2D eigenvalue weighted by molar-refractivity contribution is 5.68. The van der Waals surface area contributed by atoms with Gasteiger partial charge >= 0.3 is 6.09 Å². The van der Waals surface area contributed by atoms with Crippen LogP contribution in [0.25, 0.3) is 11.1 Å². The third kappa shape index (κ3) is 4.07. The molecular weight excluding hydrogens is 345 g/mol. The van der Waals surface area contributed by atoms with E-state index >= 15 is 0 Å². The van der Waals surface area contributed by atoms with Gasteiger partial charge in [0.05, 0.1) is 0 Å². The molecule has 4 nitrogen and oxygen atoms in total. The predicted octanol–water partition coefficient (Wildman–Crippen LogP) is 5.39. The fourth-order valence-electron chi connectivity index (χ4n) is 3.65. The lowest BCUT2D eigenvalue weighted by atomic mass is 9.87. The van der Waals surface area contributed by atoms with Crippen LogP contribution < -0.4 is 10.5 Å². The SMILES string of the molecule is CC(C)(C)Oc1ccc(-c2cc3c(cc2F)[C@H](OC(N)=O)C(C)(C)C3)cc1. The first-order valence-electron chi connectivity index (χ1n) is 9.04. The number of fused-ring (bicyclic) bond motifs is 1. The van der Waals surface area contributed by atoms with Crippen molar-refractivity contribution in [2.45, 2.75) is 52.7 Å². The molecule has 144 valence electrons. The quantitative estimate of drug-likeness (QED) is 0.787. The molecule has 2 aromatic rings. The largest absolute Gasteiger partial charge is 0.488 e. The number of carbonyl (C=O) groups is 1. The van der Waals surface area contributed by atoms with E-state index in [2.05, 4.69) is 0 Å². The molecule has 0 fully saturated rings. The zero-order valence-corrected chi connectivity index (χ0v) is 16.4. The molecule has 1 aliphatic carbocycles. The Balaban J connectivity index is 1.95. The number of benzene rings is 2. The minimum atomic E-state index is -0.847. The van der Waals surface area contributed by atoms with Gasteiger partial charge in [0.25, 0.3) is 0 Å². The fraction of sp³-hybridized carbons (Fsp3) is 0.409. The zero-order chi connectivity index (χ0) is 20.0. The number of hydrogen-bond acceptors (Lipinski definition) is 3. The number of rotatable bonds is 3. The van der Waals surface area contributed by atoms with Crippen molar-refractivity contribution >= 4 is 6.09 Å². The lowest BCUT2D eigenvalue weighted by Crippen LogP contribution is -2.25. The average molecular weight is 371 g/mol. The Kier molecular flexibility index (Phi) is 4.66. The Bertz CT molecular complexity index is 866. The second-order valence-corrected chi connectivity index (χ2v) is 8.75. The van der Waals surface area contributed by atoms with Crippen molar-refractivity contribution in [1.29, 1.82) is 0 Å². The summed E-state index contributed by atoms with van der Waals surface area (Å²) in [5, 5.41) is 0. The molecule has 3 rings (SSSR count). The number of primary amides is 1. The van der Waals surface area contributed by atoms with E-state index in [1.54, 1.807) is 0 Å². The lowest BCUT2D eigenvalue weighted by Gasteiger charge is -2.26. The number of ether oxygens (including phenoxy) is 2. The van der Waals surface area contributed by atoms with Crippen LogP contribution in [0.5, 0.6) is 5.75 Å². The highest BCUT2D eigenvalue weighted by Crippen LogP contribution is 2.48. The normalized spacial score (nSPS) is 18.1. The topological polar surface area (TPSA) is 61.6 Å². The molecular formula is C22H26FNO3. The molecule has 0 saturated carbocycles. The molecule has 1 atom stereocenters. The van der Waals surface area contributed by atoms with E-state index in [4.69, 9.17) is 15.2 Å². The van der Waals surface area contributed by atoms with Gasteiger partial charge in [-0.15, -0.1) is 0 Å². The van der Waals surface area contributed by atoms with Crippen molar-refractivity contribution in [3.05, 3.63) is 53.3 Å². The van der Waals surface area contributed by atoms with Crippen molar-refractivity contribution in [3.63, 3.8) is 0 Å². The smallest absolute Gasteiger partial charge is 0.405 e. The van der Waals surface area contributed by atoms with Crippen molar-refractivity contribution < 1.29 is 18.7 Å². The van der Waals surface area contributed by atoms with E-state index in [1.807, 2.05) is 65.0 Å². The van der Waals surface area contributed by atoms with Crippen LogP contribution in [0, 0.1) is 11.2 Å². The second-order valence-electron chi connectivity index (χ2n) is 8.75. The van der Waals surface area contributed by atoms with Crippen molar-refractivity contribution in [2.75, 3.05) is 0 Å². The number of hydrogen-bond donors (Lipinski definition) is 1. The molecule has 2 aromatic carbocycles. The standard InChI is InChI=1S/C22H26FNO3/c1-21(2,3)27-15-8-6-13(7-9-15)16-10-14-12-22(4,5)19(26-20(24)25)17(14)11-18(16)23/h6-11,19H,12H2,1-5H3,(H2,24,25)/t19-/m0/s1. The minimum absolute atomic E-state index is 0.290. The predicted molar refractivity (Wildman–Crippen MR) is 103 cm³/mol. The van der Waals surface area contributed by atoms with Crippen LogP contribution in [-0.4, -0.2) is 11.7 Å². The zero-order valence-electron chi connectivity index (χ0n) is 16.4. The second kappa shape index (κ2) is 6.55. The summed E-state index contributed by atoms with van der Waals surface area (Å²) < 4.78 is 26.0. The Hall–Kier alpha value is -2.56. The first-order chi connectivity index (χ1) is 12.5. The monoisotopic (exact) mass is 371 g/mol. The van der Waals surface area contributed by atoms with E-state index in [1.165, 1.54) is 6.07 Å². The van der Waals surface area contributed by atoms with Gasteiger partial charge in [0.2, 0.25) is 0 Å². The summed E-state index contributed by atoms with van der Waals surface area (Å²) in [6.45, 7) is 9.90. The van der Waals surface area contributed by atoms with E-state index in [-0.39, 0.29) is 16.8 Å². The van der Waals surface area contributed by atoms with Crippen LogP contribution in [0.15, 0.2) is 36.4 Å². The molecule has 0 spiro atoms. The van der Waals surface area contributed by atoms with Crippen molar-refractivity contribution in [1.82, 2.24) is 0 Å². The van der Waals surface area contributed by atoms with Crippen LogP contribution in [0.4, 0.5) is 9.18 Å². The molecule has 1 amide bonds. The Morgan fingerprint density at radius 2 is 1.81 bits per heavy atom. The van der Waals surface area contributed by atoms with Gasteiger partial charge in [-0.25, -0.2) is 9.18 Å². The molecule has 1 aliphatic rings. The summed E-state index contributed by atoms with van der Waals surface area (Å²) in [5.41, 5.74) is 7.52. The third-order valence-electron chi connectivity index (χ3n) is 4.69. The minimum Gasteiger partial charge on any atom is -0.488 e. The molecule has 5 heteroatoms. The molecule has 0 radical (unpaired) electrons. The Morgan fingerprint density at radius 1 is 1.19 bits per heavy atom. The summed E-state index contributed by atoms with van der Waals surface area (Å²) >= 11 is 0. The lowest BCUT2D eigenvalue weighted by molar-refractivity contribution is 0.0391. The summed E-state index contributed by atoms with van der Waals surface area (Å²) in [5.74, 6) is 0.387. The van der Waals surface area contributed by atoms with Gasteiger partial charge in [0.15, 0.2) is 0 Å². The average Bonchev–Trinajstić information content (AvgIpc) is 2.76. The number of nitrogens with two attached hydrogens (primary N) is 1. The maximum atomic E-state index is 14.9. The van der Waals surface area contributed by atoms with Crippen LogP contribution in [0.2, 0.25) is 0 Å². The maximum Gasteiger partial charge on any atom is 0.405 e. The molecule has 0 heterocycles. The first-order valence-corrected chi connectivity index (χ1v) is 9.04. The Morgan fingerprint density at radius 3 is 2.37 bits per heavy atom. The maximum absolute atomic E-state index is 14.9. The van der Waals surface area contributed by atoms with E-state index in [0.717, 1.165) is 16.9 Å². The van der Waals surface area contributed by atoms with Crippen LogP contribution >= 0.6 is 0 Å². The van der Waals surface area contributed by atoms with Crippen LogP contribution in [0.3, 0.4) is 0 Å². The summed E-state index contributed by atoms with van der Waals surface area (Å²) in [7, 11) is 0. The van der Waals surface area contributed by atoms with Gasteiger partial charge in [0.1, 0.15) is 23.3 Å². The van der Waals surface area contributed by atoms with E-state index in [9.17, 15) is 9.18 Å². The molecule has 0 bridgehead atoms. The molecule has 2 N–H and O–H groups in total. The van der Waals surface area contributed by atoms with Gasteiger partial charge in [-0.2, -0.15) is 0 Å². The van der Waals surface area contributed by atoms with Gasteiger partial charge in [-0.3, -0.25) is 0 Å². The van der Waals surface area contributed by atoms with E-state index in [0.29, 0.717) is 17.5 Å². The van der Waals surface area contributed by atoms with Crippen LogP contribution in [0.1, 0.15) is 51.8 Å². The summed E-state index contributed by atoms with van der Waals surface area (Å²) in [6, 6.07) is 10.7. The highest BCUT2D eigenvalue weighted by atomic mass is 19.1. The van der Waals surface area contributed by atoms with Gasteiger partial charge in [0, 0.05) is 11.0 Å². The molecule has 0 saturated heterocycles. The molecule has 0 unspecified atom stereocenters. The Labute approximate surface area is 159 Å². The number of halogens is 1. The summed E-state index contributed by atoms with van der Waals surface area (Å²) in [6.07, 6.45) is -0.713. The number of carbonyl (C=O) groups excluding carboxylic acids is 1. The van der Waals surface area contributed by atoms with Crippen LogP contribution in [-0.2, 0) is 11.2 Å². The third-order valence-corrected chi connectivity index (χ3v) is 4.69. The van der Waals surface area contributed by atoms with Crippen molar-refractivity contribution in [2.24, 2.45) is 11.1 Å². The molecule has 0 aromatic heterocycles. The van der Waals surface area contributed by atoms with Crippen molar-refractivity contribution in [3.8, 4) is 16.9 Å². The first kappa shape index (κ1) is 19.2. The van der Waals surface area contributed by atoms with Gasteiger partial charge in [-0.1, -0.05) is 26.0 Å². The fourth-order valence-corrected chi connectivity index (χ4v) is 3.65. The molecule has 0 aliphatic heterocycles. The summed E-state index contributed by atoms with van der Waals surface area (Å²) in [4.78, 5) is 11.3. The van der Waals surface area contributed by atoms with Gasteiger partial charge in [-0.05, 0) is 68.1 Å². The van der Waals surface area contributed by atoms with E-state index < -0.39 is 12.2 Å². The molecule has 27 heavy (non-hydrogen) atoms. The number of amides is 1.